The number of methoxy groups -OCH3 is 1. The SMILES string of the molecule is COc1ccc2cc1OCCN(C(=O)c1cn[nH]c1C1CCCCC1)CC(=O)N[C@H](C(C)C)C(=O)NCCn1ccnc1-2. The predicted molar refractivity (Wildman–Crippen MR) is 160 cm³/mol. The van der Waals surface area contributed by atoms with E-state index in [0.29, 0.717) is 36.0 Å². The Balaban J connectivity index is 1.45. The Bertz CT molecular complexity index is 1430. The van der Waals surface area contributed by atoms with Crippen molar-refractivity contribution in [1.29, 1.82) is 0 Å². The minimum Gasteiger partial charge on any atom is -0.493 e. The molecule has 0 spiro atoms. The van der Waals surface area contributed by atoms with E-state index in [0.717, 1.165) is 36.9 Å². The van der Waals surface area contributed by atoms with E-state index < -0.39 is 11.9 Å². The van der Waals surface area contributed by atoms with Crippen molar-refractivity contribution in [1.82, 2.24) is 35.3 Å². The Kier molecular flexibility index (Phi) is 9.63. The zero-order valence-electron chi connectivity index (χ0n) is 25.1. The molecule has 12 nitrogen and oxygen atoms in total. The standard InChI is InChI=1S/C31H41N7O5/c1-20(2)27-30(40)33-12-14-37-13-11-32-29(37)22-9-10-24(42-3)25(17-22)43-16-15-38(19-26(39)35-27)31(41)23-18-34-36-28(23)21-7-5-4-6-8-21/h9-11,13,17-18,20-21,27H,4-8,12,14-16,19H2,1-3H3,(H,33,40)(H,34,36)(H,35,39)/t27-/m1/s1. The molecule has 3 heterocycles. The second-order valence-electron chi connectivity index (χ2n) is 11.5. The Morgan fingerprint density at radius 1 is 1.14 bits per heavy atom. The first-order valence-electron chi connectivity index (χ1n) is 15.1. The van der Waals surface area contributed by atoms with Gasteiger partial charge in [0.25, 0.3) is 5.91 Å². The Labute approximate surface area is 251 Å². The third-order valence-electron chi connectivity index (χ3n) is 8.21. The summed E-state index contributed by atoms with van der Waals surface area (Å²) in [5, 5.41) is 13.1. The summed E-state index contributed by atoms with van der Waals surface area (Å²) in [5.74, 6) is 0.800. The first-order valence-corrected chi connectivity index (χ1v) is 15.1. The highest BCUT2D eigenvalue weighted by Gasteiger charge is 2.30. The fourth-order valence-electron chi connectivity index (χ4n) is 5.87. The van der Waals surface area contributed by atoms with Crippen LogP contribution in [0, 0.1) is 5.92 Å². The molecule has 5 rings (SSSR count). The number of H-pyrrole nitrogens is 1. The molecule has 3 aromatic rings. The van der Waals surface area contributed by atoms with Crippen molar-refractivity contribution < 1.29 is 23.9 Å². The number of ether oxygens (including phenoxy) is 2. The van der Waals surface area contributed by atoms with E-state index in [-0.39, 0.29) is 43.3 Å². The predicted octanol–water partition coefficient (Wildman–Crippen LogP) is 3.12. The molecule has 3 amide bonds. The van der Waals surface area contributed by atoms with Gasteiger partial charge < -0.3 is 29.6 Å². The van der Waals surface area contributed by atoms with Gasteiger partial charge in [0.05, 0.1) is 37.7 Å². The average molecular weight is 592 g/mol. The molecule has 1 aromatic carbocycles. The van der Waals surface area contributed by atoms with Crippen LogP contribution >= 0.6 is 0 Å². The van der Waals surface area contributed by atoms with Crippen LogP contribution in [0.15, 0.2) is 36.8 Å². The van der Waals surface area contributed by atoms with E-state index in [1.807, 2.05) is 42.8 Å². The number of amides is 3. The van der Waals surface area contributed by atoms with Gasteiger partial charge in [-0.3, -0.25) is 19.5 Å². The summed E-state index contributed by atoms with van der Waals surface area (Å²) in [6.07, 6.45) is 10.5. The van der Waals surface area contributed by atoms with Gasteiger partial charge in [-0.25, -0.2) is 4.98 Å². The molecule has 1 fully saturated rings. The van der Waals surface area contributed by atoms with Crippen LogP contribution in [0.4, 0.5) is 0 Å². The van der Waals surface area contributed by atoms with Gasteiger partial charge in [-0.1, -0.05) is 33.1 Å². The summed E-state index contributed by atoms with van der Waals surface area (Å²) in [5.41, 5.74) is 2.10. The van der Waals surface area contributed by atoms with Gasteiger partial charge in [-0.2, -0.15) is 5.10 Å². The van der Waals surface area contributed by atoms with E-state index in [2.05, 4.69) is 25.8 Å². The van der Waals surface area contributed by atoms with Crippen LogP contribution in [0.3, 0.4) is 0 Å². The smallest absolute Gasteiger partial charge is 0.257 e. The number of nitrogens with zero attached hydrogens (tertiary/aromatic N) is 4. The van der Waals surface area contributed by atoms with Crippen LogP contribution in [0.5, 0.6) is 11.5 Å². The third kappa shape index (κ3) is 7.00. The summed E-state index contributed by atoms with van der Waals surface area (Å²) < 4.78 is 13.6. The van der Waals surface area contributed by atoms with Crippen LogP contribution in [0.1, 0.15) is 67.9 Å². The zero-order valence-corrected chi connectivity index (χ0v) is 25.1. The minimum absolute atomic E-state index is 0.109. The van der Waals surface area contributed by atoms with Crippen molar-refractivity contribution in [2.45, 2.75) is 64.5 Å². The largest absolute Gasteiger partial charge is 0.493 e. The number of aromatic nitrogens is 4. The monoisotopic (exact) mass is 591 g/mol. The van der Waals surface area contributed by atoms with Gasteiger partial charge in [0.1, 0.15) is 18.5 Å². The minimum atomic E-state index is -0.760. The lowest BCUT2D eigenvalue weighted by Crippen LogP contribution is -2.53. The zero-order chi connectivity index (χ0) is 30.3. The number of benzene rings is 1. The van der Waals surface area contributed by atoms with Crippen molar-refractivity contribution in [2.75, 3.05) is 33.4 Å². The van der Waals surface area contributed by atoms with Crippen molar-refractivity contribution >= 4 is 17.7 Å². The lowest BCUT2D eigenvalue weighted by molar-refractivity contribution is -0.130. The Morgan fingerprint density at radius 3 is 2.72 bits per heavy atom. The van der Waals surface area contributed by atoms with Crippen LogP contribution in [0.25, 0.3) is 11.4 Å². The number of imidazole rings is 1. The van der Waals surface area contributed by atoms with Crippen molar-refractivity contribution in [3.05, 3.63) is 48.0 Å². The van der Waals surface area contributed by atoms with Crippen molar-refractivity contribution in [3.8, 4) is 22.9 Å². The van der Waals surface area contributed by atoms with Crippen LogP contribution < -0.4 is 20.1 Å². The Morgan fingerprint density at radius 2 is 1.95 bits per heavy atom. The molecule has 0 radical (unpaired) electrons. The molecule has 3 N–H and O–H groups in total. The molecular formula is C31H41N7O5. The first kappa shape index (κ1) is 30.1. The van der Waals surface area contributed by atoms with Gasteiger partial charge in [0, 0.05) is 37.0 Å². The highest BCUT2D eigenvalue weighted by Crippen LogP contribution is 2.34. The topological polar surface area (TPSA) is 143 Å². The number of carbonyl (C=O) groups excluding carboxylic acids is 3. The number of nitrogens with one attached hydrogen (secondary N) is 3. The molecule has 2 aromatic heterocycles. The maximum atomic E-state index is 14.0. The molecule has 2 bridgehead atoms. The summed E-state index contributed by atoms with van der Waals surface area (Å²) in [6, 6.07) is 4.80. The quantitative estimate of drug-likeness (QED) is 0.423. The highest BCUT2D eigenvalue weighted by atomic mass is 16.5. The molecule has 1 atom stereocenters. The van der Waals surface area contributed by atoms with Crippen LogP contribution in [0.2, 0.25) is 0 Å². The summed E-state index contributed by atoms with van der Waals surface area (Å²) in [4.78, 5) is 46.5. The fourth-order valence-corrected chi connectivity index (χ4v) is 5.87. The molecule has 230 valence electrons. The first-order chi connectivity index (χ1) is 20.9. The van der Waals surface area contributed by atoms with E-state index in [1.165, 1.54) is 11.3 Å². The van der Waals surface area contributed by atoms with Crippen molar-refractivity contribution in [3.63, 3.8) is 0 Å². The molecule has 43 heavy (non-hydrogen) atoms. The molecule has 2 aliphatic rings. The lowest BCUT2D eigenvalue weighted by Gasteiger charge is -2.27. The van der Waals surface area contributed by atoms with E-state index >= 15 is 0 Å². The summed E-state index contributed by atoms with van der Waals surface area (Å²) in [7, 11) is 1.57. The second kappa shape index (κ2) is 13.7. The van der Waals surface area contributed by atoms with Gasteiger partial charge in [0.2, 0.25) is 11.8 Å². The van der Waals surface area contributed by atoms with E-state index in [4.69, 9.17) is 9.47 Å². The molecule has 0 saturated heterocycles. The number of carbonyl (C=O) groups is 3. The molecule has 0 unspecified atom stereocenters. The van der Waals surface area contributed by atoms with E-state index in [1.54, 1.807) is 19.5 Å². The number of hydrogen-bond donors (Lipinski definition) is 3. The highest BCUT2D eigenvalue weighted by molar-refractivity contribution is 5.98. The maximum absolute atomic E-state index is 14.0. The average Bonchev–Trinajstić information content (AvgIpc) is 3.69. The molecule has 1 saturated carbocycles. The fraction of sp³-hybridized carbons (Fsp3) is 0.516. The van der Waals surface area contributed by atoms with Crippen LogP contribution in [-0.2, 0) is 16.1 Å². The normalized spacial score (nSPS) is 19.2. The summed E-state index contributed by atoms with van der Waals surface area (Å²) >= 11 is 0. The second-order valence-corrected chi connectivity index (χ2v) is 11.5. The van der Waals surface area contributed by atoms with Gasteiger partial charge in [-0.15, -0.1) is 0 Å². The summed E-state index contributed by atoms with van der Waals surface area (Å²) in [6.45, 7) is 4.58. The number of aromatic amines is 1. The van der Waals surface area contributed by atoms with E-state index in [9.17, 15) is 14.4 Å². The maximum Gasteiger partial charge on any atom is 0.257 e. The van der Waals surface area contributed by atoms with Crippen molar-refractivity contribution in [2.24, 2.45) is 5.92 Å². The lowest BCUT2D eigenvalue weighted by atomic mass is 9.85. The number of fused-ring (bicyclic) bond motifs is 4. The Hall–Kier alpha value is -4.35. The van der Waals surface area contributed by atoms with Gasteiger partial charge in [0.15, 0.2) is 11.5 Å². The molecule has 1 aliphatic carbocycles. The number of rotatable bonds is 4. The van der Waals surface area contributed by atoms with Gasteiger partial charge in [-0.05, 0) is 37.0 Å². The van der Waals surface area contributed by atoms with Crippen LogP contribution in [-0.4, -0.2) is 81.8 Å². The molecule has 12 heteroatoms. The number of hydrogen-bond acceptors (Lipinski definition) is 7. The molecule has 1 aliphatic heterocycles. The van der Waals surface area contributed by atoms with Gasteiger partial charge >= 0.3 is 0 Å². The third-order valence-corrected chi connectivity index (χ3v) is 8.21. The molecular weight excluding hydrogens is 550 g/mol.